The molecule has 39 heavy (non-hydrogen) atoms. The molecule has 2 rings (SSSR count). The Morgan fingerprint density at radius 1 is 1.03 bits per heavy atom. The van der Waals surface area contributed by atoms with Crippen LogP contribution in [0, 0.1) is 5.92 Å². The van der Waals surface area contributed by atoms with Gasteiger partial charge in [-0.15, -0.1) is 0 Å². The first kappa shape index (κ1) is 32.6. The first-order chi connectivity index (χ1) is 18.1. The van der Waals surface area contributed by atoms with E-state index in [1.807, 2.05) is 69.9 Å². The minimum absolute atomic E-state index is 0.0422. The normalized spacial score (nSPS) is 19.1. The second-order valence-electron chi connectivity index (χ2n) is 13.0. The van der Waals surface area contributed by atoms with Gasteiger partial charge < -0.3 is 25.8 Å². The van der Waals surface area contributed by atoms with Crippen LogP contribution < -0.4 is 16.0 Å². The van der Waals surface area contributed by atoms with Gasteiger partial charge in [0.2, 0.25) is 11.8 Å². The zero-order valence-corrected chi connectivity index (χ0v) is 25.0. The van der Waals surface area contributed by atoms with Crippen molar-refractivity contribution in [1.82, 2.24) is 20.9 Å². The summed E-state index contributed by atoms with van der Waals surface area (Å²) in [6.45, 7) is 15.8. The van der Waals surface area contributed by atoms with E-state index in [2.05, 4.69) is 16.0 Å². The number of aliphatic hydroxyl groups excluding tert-OH is 1. The maximum Gasteiger partial charge on any atom is 0.408 e. The number of benzene rings is 1. The number of carbonyl (C=O) groups excluding carboxylic acids is 3. The van der Waals surface area contributed by atoms with Gasteiger partial charge >= 0.3 is 6.09 Å². The Kier molecular flexibility index (Phi) is 11.8. The molecule has 1 aromatic rings. The highest BCUT2D eigenvalue weighted by atomic mass is 16.6. The van der Waals surface area contributed by atoms with Gasteiger partial charge in [-0.25, -0.2) is 4.79 Å². The number of carbonyl (C=O) groups is 3. The van der Waals surface area contributed by atoms with Gasteiger partial charge in [-0.1, -0.05) is 50.6 Å². The van der Waals surface area contributed by atoms with Crippen LogP contribution in [0.15, 0.2) is 30.3 Å². The summed E-state index contributed by atoms with van der Waals surface area (Å²) < 4.78 is 5.36. The Labute approximate surface area is 234 Å². The van der Waals surface area contributed by atoms with Crippen LogP contribution in [-0.2, 0) is 20.7 Å². The lowest BCUT2D eigenvalue weighted by Crippen LogP contribution is -2.59. The molecule has 0 bridgehead atoms. The highest BCUT2D eigenvalue weighted by molar-refractivity contribution is 5.86. The fraction of sp³-hybridized carbons (Fsp3) is 0.700. The summed E-state index contributed by atoms with van der Waals surface area (Å²) >= 11 is 0. The minimum atomic E-state index is -0.938. The Bertz CT molecular complexity index is 939. The first-order valence-corrected chi connectivity index (χ1v) is 14.1. The standard InChI is InChI=1S/C30H50N4O5/c1-20(2)25(32-28(38)39-30(6,7)8)27(37)31-22(18-21-14-10-9-11-15-21)24(35)19-34-17-13-12-16-23(34)26(36)33-29(3,4)5/h9-11,14-15,20,22-25,35H,12-13,16-19H2,1-8H3,(H,31,37)(H,32,38)(H,33,36)/t22-,23-,24+,25-/m0/s1. The Balaban J connectivity index is 2.21. The van der Waals surface area contributed by atoms with Gasteiger partial charge in [-0.2, -0.15) is 0 Å². The van der Waals surface area contributed by atoms with E-state index in [0.717, 1.165) is 24.8 Å². The molecule has 3 amide bonds. The predicted octanol–water partition coefficient (Wildman–Crippen LogP) is 3.39. The molecular weight excluding hydrogens is 496 g/mol. The molecule has 220 valence electrons. The van der Waals surface area contributed by atoms with Crippen LogP contribution in [0.4, 0.5) is 4.79 Å². The fourth-order valence-corrected chi connectivity index (χ4v) is 4.72. The number of ether oxygens (including phenoxy) is 1. The SMILES string of the molecule is CC(C)[C@H](NC(=O)OC(C)(C)C)C(=O)N[C@@H](Cc1ccccc1)[C@H](O)CN1CCCC[C@H]1C(=O)NC(C)(C)C. The van der Waals surface area contributed by atoms with Crippen molar-refractivity contribution in [3.63, 3.8) is 0 Å². The van der Waals surface area contributed by atoms with E-state index in [4.69, 9.17) is 4.74 Å². The van der Waals surface area contributed by atoms with Crippen molar-refractivity contribution < 1.29 is 24.2 Å². The number of nitrogens with one attached hydrogen (secondary N) is 3. The smallest absolute Gasteiger partial charge is 0.408 e. The van der Waals surface area contributed by atoms with Gasteiger partial charge in [0.1, 0.15) is 11.6 Å². The van der Waals surface area contributed by atoms with E-state index in [-0.39, 0.29) is 30.0 Å². The van der Waals surface area contributed by atoms with Gasteiger partial charge in [0, 0.05) is 12.1 Å². The lowest BCUT2D eigenvalue weighted by Gasteiger charge is -2.39. The summed E-state index contributed by atoms with van der Waals surface area (Å²) in [7, 11) is 0. The molecule has 1 aliphatic rings. The van der Waals surface area contributed by atoms with Gasteiger partial charge in [0.15, 0.2) is 0 Å². The van der Waals surface area contributed by atoms with Crippen LogP contribution in [0.1, 0.15) is 80.2 Å². The Morgan fingerprint density at radius 2 is 1.67 bits per heavy atom. The number of rotatable bonds is 10. The quantitative estimate of drug-likeness (QED) is 0.357. The van der Waals surface area contributed by atoms with Crippen molar-refractivity contribution in [3.05, 3.63) is 35.9 Å². The average Bonchev–Trinajstić information content (AvgIpc) is 2.80. The molecule has 1 saturated heterocycles. The van der Waals surface area contributed by atoms with Crippen LogP contribution in [-0.4, -0.2) is 76.4 Å². The van der Waals surface area contributed by atoms with E-state index in [1.54, 1.807) is 20.8 Å². The average molecular weight is 547 g/mol. The number of aliphatic hydroxyl groups is 1. The van der Waals surface area contributed by atoms with Gasteiger partial charge in [0.05, 0.1) is 18.2 Å². The molecule has 9 heteroatoms. The number of alkyl carbamates (subject to hydrolysis) is 1. The molecule has 4 N–H and O–H groups in total. The zero-order valence-electron chi connectivity index (χ0n) is 25.0. The first-order valence-electron chi connectivity index (χ1n) is 14.1. The summed E-state index contributed by atoms with van der Waals surface area (Å²) in [6, 6.07) is 7.84. The third-order valence-corrected chi connectivity index (χ3v) is 6.55. The molecule has 1 fully saturated rings. The lowest BCUT2D eigenvalue weighted by atomic mass is 9.95. The number of β-amino-alcohol motifs (C(OH)–C–C–N with tert-alkyl or cyclic N) is 1. The number of hydrogen-bond acceptors (Lipinski definition) is 6. The Morgan fingerprint density at radius 3 is 2.23 bits per heavy atom. The van der Waals surface area contributed by atoms with E-state index in [9.17, 15) is 19.5 Å². The molecule has 1 aliphatic heterocycles. The van der Waals surface area contributed by atoms with E-state index >= 15 is 0 Å². The van der Waals surface area contributed by atoms with Crippen molar-refractivity contribution in [2.45, 2.75) is 116 Å². The van der Waals surface area contributed by atoms with Crippen LogP contribution in [0.25, 0.3) is 0 Å². The van der Waals surface area contributed by atoms with E-state index in [0.29, 0.717) is 13.0 Å². The summed E-state index contributed by atoms with van der Waals surface area (Å²) in [4.78, 5) is 41.0. The molecule has 0 aromatic heterocycles. The number of likely N-dealkylation sites (tertiary alicyclic amines) is 1. The summed E-state index contributed by atoms with van der Waals surface area (Å²) in [5.74, 6) is -0.643. The summed E-state index contributed by atoms with van der Waals surface area (Å²) in [5.41, 5.74) is -0.0858. The van der Waals surface area contributed by atoms with Crippen molar-refractivity contribution in [2.24, 2.45) is 5.92 Å². The van der Waals surface area contributed by atoms with Crippen LogP contribution in [0.5, 0.6) is 0 Å². The number of piperidine rings is 1. The van der Waals surface area contributed by atoms with Gasteiger partial charge in [0.25, 0.3) is 0 Å². The predicted molar refractivity (Wildman–Crippen MR) is 153 cm³/mol. The molecule has 9 nitrogen and oxygen atoms in total. The fourth-order valence-electron chi connectivity index (χ4n) is 4.72. The van der Waals surface area contributed by atoms with Gasteiger partial charge in [-0.3, -0.25) is 14.5 Å². The topological polar surface area (TPSA) is 120 Å². The molecule has 1 heterocycles. The second-order valence-corrected chi connectivity index (χ2v) is 13.0. The molecule has 4 atom stereocenters. The van der Waals surface area contributed by atoms with Crippen LogP contribution in [0.2, 0.25) is 0 Å². The monoisotopic (exact) mass is 546 g/mol. The summed E-state index contributed by atoms with van der Waals surface area (Å²) in [6.07, 6.45) is 1.41. The maximum atomic E-state index is 13.4. The zero-order chi connectivity index (χ0) is 29.4. The van der Waals surface area contributed by atoms with E-state index < -0.39 is 35.8 Å². The van der Waals surface area contributed by atoms with Crippen molar-refractivity contribution in [1.29, 1.82) is 0 Å². The maximum absolute atomic E-state index is 13.4. The Hall–Kier alpha value is -2.65. The van der Waals surface area contributed by atoms with E-state index in [1.165, 1.54) is 0 Å². The largest absolute Gasteiger partial charge is 0.444 e. The molecule has 0 radical (unpaired) electrons. The molecular formula is C30H50N4O5. The third kappa shape index (κ3) is 11.5. The molecule has 0 unspecified atom stereocenters. The number of hydrogen-bond donors (Lipinski definition) is 4. The van der Waals surface area contributed by atoms with Gasteiger partial charge in [-0.05, 0) is 78.8 Å². The minimum Gasteiger partial charge on any atom is -0.444 e. The molecule has 0 saturated carbocycles. The lowest BCUT2D eigenvalue weighted by molar-refractivity contribution is -0.130. The highest BCUT2D eigenvalue weighted by Gasteiger charge is 2.35. The molecule has 1 aromatic carbocycles. The second kappa shape index (κ2) is 14.1. The van der Waals surface area contributed by atoms with Crippen LogP contribution in [0.3, 0.4) is 0 Å². The van der Waals surface area contributed by atoms with Crippen molar-refractivity contribution >= 4 is 17.9 Å². The van der Waals surface area contributed by atoms with Crippen LogP contribution >= 0.6 is 0 Å². The van der Waals surface area contributed by atoms with Crippen molar-refractivity contribution in [3.8, 4) is 0 Å². The highest BCUT2D eigenvalue weighted by Crippen LogP contribution is 2.20. The third-order valence-electron chi connectivity index (χ3n) is 6.55. The number of nitrogens with zero attached hydrogens (tertiary/aromatic N) is 1. The molecule has 0 spiro atoms. The van der Waals surface area contributed by atoms with Crippen molar-refractivity contribution in [2.75, 3.05) is 13.1 Å². The molecule has 0 aliphatic carbocycles. The summed E-state index contributed by atoms with van der Waals surface area (Å²) in [5, 5.41) is 20.2. The number of amides is 3.